The van der Waals surface area contributed by atoms with Gasteiger partial charge in [-0.15, -0.1) is 0 Å². The molecule has 0 atom stereocenters. The molecule has 0 aliphatic carbocycles. The van der Waals surface area contributed by atoms with Crippen molar-refractivity contribution in [2.75, 3.05) is 25.2 Å². The molecule has 3 rings (SSSR count). The number of benzene rings is 2. The van der Waals surface area contributed by atoms with Crippen LogP contribution in [0.1, 0.15) is 11.1 Å². The van der Waals surface area contributed by atoms with E-state index in [1.54, 1.807) is 26.4 Å². The topological polar surface area (TPSA) is 67.2 Å². The van der Waals surface area contributed by atoms with Crippen molar-refractivity contribution in [3.63, 3.8) is 0 Å². The van der Waals surface area contributed by atoms with Crippen LogP contribution in [0.2, 0.25) is 0 Å². The molecule has 0 radical (unpaired) electrons. The lowest BCUT2D eigenvalue weighted by atomic mass is 10.1. The van der Waals surface area contributed by atoms with Gasteiger partial charge in [-0.3, -0.25) is 14.2 Å². The van der Waals surface area contributed by atoms with Crippen LogP contribution in [-0.2, 0) is 4.79 Å². The normalized spacial score (nSPS) is 10.7. The Morgan fingerprint density at radius 1 is 1.10 bits per heavy atom. The number of nitrogens with zero attached hydrogens (tertiary/aromatic N) is 3. The minimum Gasteiger partial charge on any atom is -0.339 e. The number of imidazole rings is 1. The zero-order valence-electron chi connectivity index (χ0n) is 17.4. The second kappa shape index (κ2) is 9.86. The van der Waals surface area contributed by atoms with Crippen molar-refractivity contribution >= 4 is 40.4 Å². The highest BCUT2D eigenvalue weighted by Gasteiger charge is 2.14. The Morgan fingerprint density at radius 3 is 2.50 bits per heavy atom. The van der Waals surface area contributed by atoms with Crippen molar-refractivity contribution in [3.8, 4) is 5.69 Å². The molecule has 1 N–H and O–H groups in total. The fourth-order valence-corrected chi connectivity index (χ4v) is 4.36. The van der Waals surface area contributed by atoms with Gasteiger partial charge in [-0.05, 0) is 61.0 Å². The van der Waals surface area contributed by atoms with E-state index >= 15 is 0 Å². The Balaban J connectivity index is 1.67. The molecular formula is C22H24N4O2S2. The molecule has 0 saturated carbocycles. The number of aromatic nitrogens is 2. The average molecular weight is 441 g/mol. The highest BCUT2D eigenvalue weighted by molar-refractivity contribution is 8.13. The number of nitrogens with one attached hydrogen (secondary N) is 1. The number of hydrogen-bond donors (Lipinski definition) is 1. The summed E-state index contributed by atoms with van der Waals surface area (Å²) in [7, 11) is 3.40. The number of thioether (sulfide) groups is 2. The minimum absolute atomic E-state index is 0.0958. The standard InChI is InChI=1S/C22H24N4O2S2/c1-15-11-16(2)13-17(12-15)26-10-9-23-21(26)29-14-20(27)24-18-7-5-6-8-19(18)30-22(28)25(3)4/h5-13H,14H2,1-4H3,(H,24,27). The molecule has 0 aliphatic heterocycles. The van der Waals surface area contributed by atoms with E-state index in [9.17, 15) is 9.59 Å². The number of anilines is 1. The van der Waals surface area contributed by atoms with E-state index in [2.05, 4.69) is 42.3 Å². The number of aryl methyl sites for hydroxylation is 2. The molecular weight excluding hydrogens is 416 g/mol. The van der Waals surface area contributed by atoms with Gasteiger partial charge in [0.25, 0.3) is 5.24 Å². The molecule has 8 heteroatoms. The summed E-state index contributed by atoms with van der Waals surface area (Å²) in [5.74, 6) is 0.0583. The molecule has 3 aromatic rings. The van der Waals surface area contributed by atoms with Gasteiger partial charge in [0, 0.05) is 37.1 Å². The molecule has 30 heavy (non-hydrogen) atoms. The van der Waals surface area contributed by atoms with Gasteiger partial charge < -0.3 is 10.2 Å². The van der Waals surface area contributed by atoms with Crippen molar-refractivity contribution in [1.29, 1.82) is 0 Å². The van der Waals surface area contributed by atoms with Crippen LogP contribution in [0.5, 0.6) is 0 Å². The molecule has 156 valence electrons. The quantitative estimate of drug-likeness (QED) is 0.547. The summed E-state index contributed by atoms with van der Waals surface area (Å²) in [6.45, 7) is 4.12. The molecule has 6 nitrogen and oxygen atoms in total. The zero-order chi connectivity index (χ0) is 21.7. The van der Waals surface area contributed by atoms with E-state index < -0.39 is 0 Å². The fourth-order valence-electron chi connectivity index (χ4n) is 2.84. The third-order valence-corrected chi connectivity index (χ3v) is 6.23. The van der Waals surface area contributed by atoms with Crippen molar-refractivity contribution in [2.45, 2.75) is 23.9 Å². The number of amides is 2. The van der Waals surface area contributed by atoms with Gasteiger partial charge in [-0.2, -0.15) is 0 Å². The Labute approximate surface area is 185 Å². The molecule has 0 unspecified atom stereocenters. The number of carbonyl (C=O) groups excluding carboxylic acids is 2. The van der Waals surface area contributed by atoms with E-state index in [1.807, 2.05) is 29.0 Å². The Hall–Kier alpha value is -2.71. The number of carbonyl (C=O) groups is 2. The van der Waals surface area contributed by atoms with E-state index in [-0.39, 0.29) is 16.9 Å². The first-order valence-corrected chi connectivity index (χ1v) is 11.2. The summed E-state index contributed by atoms with van der Waals surface area (Å²) >= 11 is 2.46. The van der Waals surface area contributed by atoms with Crippen LogP contribution in [0.4, 0.5) is 10.5 Å². The van der Waals surface area contributed by atoms with Crippen molar-refractivity contribution in [3.05, 3.63) is 66.0 Å². The first-order chi connectivity index (χ1) is 14.3. The van der Waals surface area contributed by atoms with Gasteiger partial charge >= 0.3 is 0 Å². The SMILES string of the molecule is Cc1cc(C)cc(-n2ccnc2SCC(=O)Nc2ccccc2SC(=O)N(C)C)c1. The molecule has 1 heterocycles. The molecule has 0 spiro atoms. The molecule has 2 aromatic carbocycles. The van der Waals surface area contributed by atoms with E-state index in [4.69, 9.17) is 0 Å². The molecule has 1 aromatic heterocycles. The van der Waals surface area contributed by atoms with E-state index in [1.165, 1.54) is 27.8 Å². The van der Waals surface area contributed by atoms with Gasteiger partial charge in [0.1, 0.15) is 0 Å². The van der Waals surface area contributed by atoms with Gasteiger partial charge in [-0.1, -0.05) is 30.0 Å². The summed E-state index contributed by atoms with van der Waals surface area (Å²) in [4.78, 5) is 31.2. The second-order valence-corrected chi connectivity index (χ2v) is 8.96. The van der Waals surface area contributed by atoms with Crippen molar-refractivity contribution in [2.24, 2.45) is 0 Å². The monoisotopic (exact) mass is 440 g/mol. The predicted molar refractivity (Wildman–Crippen MR) is 124 cm³/mol. The van der Waals surface area contributed by atoms with Crippen LogP contribution in [-0.4, -0.2) is 45.4 Å². The van der Waals surface area contributed by atoms with Crippen molar-refractivity contribution in [1.82, 2.24) is 14.5 Å². The summed E-state index contributed by atoms with van der Waals surface area (Å²) in [6, 6.07) is 13.6. The molecule has 0 saturated heterocycles. The Kier molecular flexibility index (Phi) is 7.23. The van der Waals surface area contributed by atoms with Gasteiger partial charge in [0.15, 0.2) is 5.16 Å². The first kappa shape index (κ1) is 22.0. The average Bonchev–Trinajstić information content (AvgIpc) is 3.15. The summed E-state index contributed by atoms with van der Waals surface area (Å²) in [5.41, 5.74) is 4.00. The number of para-hydroxylation sites is 1. The summed E-state index contributed by atoms with van der Waals surface area (Å²) in [5, 5.41) is 3.56. The molecule has 2 amide bonds. The van der Waals surface area contributed by atoms with Crippen molar-refractivity contribution < 1.29 is 9.59 Å². The van der Waals surface area contributed by atoms with Gasteiger partial charge in [-0.25, -0.2) is 4.98 Å². The summed E-state index contributed by atoms with van der Waals surface area (Å²) < 4.78 is 1.98. The highest BCUT2D eigenvalue weighted by Crippen LogP contribution is 2.29. The lowest BCUT2D eigenvalue weighted by Gasteiger charge is -2.13. The molecule has 0 fully saturated rings. The predicted octanol–water partition coefficient (Wildman–Crippen LogP) is 4.99. The van der Waals surface area contributed by atoms with Crippen LogP contribution in [0.25, 0.3) is 5.69 Å². The highest BCUT2D eigenvalue weighted by atomic mass is 32.2. The fraction of sp³-hybridized carbons (Fsp3) is 0.227. The van der Waals surface area contributed by atoms with Crippen LogP contribution in [0.3, 0.4) is 0 Å². The smallest absolute Gasteiger partial charge is 0.286 e. The van der Waals surface area contributed by atoms with Gasteiger partial charge in [0.05, 0.1) is 11.4 Å². The lowest BCUT2D eigenvalue weighted by Crippen LogP contribution is -2.18. The zero-order valence-corrected chi connectivity index (χ0v) is 19.0. The lowest BCUT2D eigenvalue weighted by molar-refractivity contribution is -0.113. The largest absolute Gasteiger partial charge is 0.339 e. The Bertz CT molecular complexity index is 1040. The second-order valence-electron chi connectivity index (χ2n) is 7.02. The minimum atomic E-state index is -0.152. The van der Waals surface area contributed by atoms with Crippen LogP contribution in [0.15, 0.2) is 64.9 Å². The molecule has 0 aliphatic rings. The number of hydrogen-bond acceptors (Lipinski definition) is 5. The third-order valence-electron chi connectivity index (χ3n) is 4.15. The maximum Gasteiger partial charge on any atom is 0.286 e. The van der Waals surface area contributed by atoms with Crippen LogP contribution in [0, 0.1) is 13.8 Å². The third kappa shape index (κ3) is 5.67. The van der Waals surface area contributed by atoms with Crippen LogP contribution >= 0.6 is 23.5 Å². The van der Waals surface area contributed by atoms with E-state index in [0.29, 0.717) is 10.6 Å². The van der Waals surface area contributed by atoms with Crippen LogP contribution < -0.4 is 5.32 Å². The number of rotatable bonds is 6. The Morgan fingerprint density at radius 2 is 1.80 bits per heavy atom. The van der Waals surface area contributed by atoms with E-state index in [0.717, 1.165) is 22.6 Å². The maximum absolute atomic E-state index is 12.6. The van der Waals surface area contributed by atoms with Gasteiger partial charge in [0.2, 0.25) is 5.91 Å². The summed E-state index contributed by atoms with van der Waals surface area (Å²) in [6.07, 6.45) is 3.63. The molecule has 0 bridgehead atoms. The maximum atomic E-state index is 12.6. The first-order valence-electron chi connectivity index (χ1n) is 9.36.